The average Bonchev–Trinajstić information content (AvgIpc) is 3.62. The largest absolute Gasteiger partial charge is 0.497 e. The molecule has 3 atom stereocenters. The molecule has 3 fully saturated rings. The second-order valence-corrected chi connectivity index (χ2v) is 12.3. The molecule has 0 amide bonds. The maximum Gasteiger partial charge on any atom is 0.119 e. The summed E-state index contributed by atoms with van der Waals surface area (Å²) in [5.41, 5.74) is 5.55. The van der Waals surface area contributed by atoms with E-state index in [-0.39, 0.29) is 11.5 Å². The van der Waals surface area contributed by atoms with Crippen molar-refractivity contribution < 1.29 is 9.84 Å². The van der Waals surface area contributed by atoms with E-state index in [2.05, 4.69) is 46.7 Å². The minimum Gasteiger partial charge on any atom is -0.497 e. The van der Waals surface area contributed by atoms with E-state index < -0.39 is 5.60 Å². The number of fused-ring (bicyclic) bond motifs is 2. The molecule has 6 nitrogen and oxygen atoms in total. The molecule has 7 rings (SSSR count). The van der Waals surface area contributed by atoms with Crippen LogP contribution in [0.15, 0.2) is 18.2 Å². The molecule has 188 valence electrons. The summed E-state index contributed by atoms with van der Waals surface area (Å²) in [5, 5.41) is 18.0. The van der Waals surface area contributed by atoms with Gasteiger partial charge in [-0.25, -0.2) is 0 Å². The Bertz CT molecular complexity index is 1150. The van der Waals surface area contributed by atoms with Gasteiger partial charge in [-0.1, -0.05) is 6.07 Å². The molecule has 2 saturated heterocycles. The van der Waals surface area contributed by atoms with Crippen LogP contribution < -0.4 is 4.74 Å². The molecule has 6 heteroatoms. The van der Waals surface area contributed by atoms with E-state index in [0.29, 0.717) is 6.04 Å². The lowest BCUT2D eigenvalue weighted by atomic mass is 9.49. The van der Waals surface area contributed by atoms with Gasteiger partial charge in [0.2, 0.25) is 0 Å². The summed E-state index contributed by atoms with van der Waals surface area (Å²) < 4.78 is 8.09. The molecule has 1 aromatic heterocycles. The van der Waals surface area contributed by atoms with Gasteiger partial charge in [-0.3, -0.25) is 9.58 Å². The van der Waals surface area contributed by atoms with Gasteiger partial charge in [-0.05, 0) is 107 Å². The molecule has 2 aromatic rings. The third-order valence-electron chi connectivity index (χ3n) is 10.4. The highest BCUT2D eigenvalue weighted by Crippen LogP contribution is 2.58. The summed E-state index contributed by atoms with van der Waals surface area (Å²) in [5.74, 6) is 1.74. The Morgan fingerprint density at radius 1 is 1.11 bits per heavy atom. The SMILES string of the molecule is COc1ccc2c(c1)[C@]13CCN(CC4CC4)[C@H](C2)[C@]1(O)Cc1c(C)nn(C2CCN(C)CC2)c1C3. The summed E-state index contributed by atoms with van der Waals surface area (Å²) in [4.78, 5) is 5.09. The number of aryl methyl sites for hydroxylation is 1. The first-order valence-corrected chi connectivity index (χ1v) is 13.8. The summed E-state index contributed by atoms with van der Waals surface area (Å²) >= 11 is 0. The number of hydrogen-bond donors (Lipinski definition) is 1. The monoisotopic (exact) mass is 476 g/mol. The highest BCUT2D eigenvalue weighted by Gasteiger charge is 2.65. The van der Waals surface area contributed by atoms with Crippen LogP contribution in [-0.4, -0.2) is 76.7 Å². The fourth-order valence-corrected chi connectivity index (χ4v) is 8.13. The molecular formula is C29H40N4O2. The minimum atomic E-state index is -0.766. The zero-order valence-corrected chi connectivity index (χ0v) is 21.6. The van der Waals surface area contributed by atoms with Crippen molar-refractivity contribution in [3.05, 3.63) is 46.3 Å². The molecule has 0 radical (unpaired) electrons. The van der Waals surface area contributed by atoms with E-state index >= 15 is 0 Å². The van der Waals surface area contributed by atoms with Crippen LogP contribution >= 0.6 is 0 Å². The van der Waals surface area contributed by atoms with Gasteiger partial charge in [-0.2, -0.15) is 5.10 Å². The second-order valence-electron chi connectivity index (χ2n) is 12.3. The van der Waals surface area contributed by atoms with Gasteiger partial charge >= 0.3 is 0 Å². The average molecular weight is 477 g/mol. The van der Waals surface area contributed by atoms with Crippen LogP contribution in [0.4, 0.5) is 0 Å². The maximum absolute atomic E-state index is 12.9. The van der Waals surface area contributed by atoms with Crippen molar-refractivity contribution in [3.63, 3.8) is 0 Å². The van der Waals surface area contributed by atoms with Crippen molar-refractivity contribution >= 4 is 0 Å². The highest BCUT2D eigenvalue weighted by molar-refractivity contribution is 5.52. The number of rotatable bonds is 4. The zero-order valence-electron chi connectivity index (χ0n) is 21.6. The summed E-state index contributed by atoms with van der Waals surface area (Å²) in [6.45, 7) is 6.66. The molecule has 0 spiro atoms. The lowest BCUT2D eigenvalue weighted by Crippen LogP contribution is -2.74. The van der Waals surface area contributed by atoms with Gasteiger partial charge in [0.15, 0.2) is 0 Å². The third-order valence-corrected chi connectivity index (χ3v) is 10.4. The first kappa shape index (κ1) is 22.3. The number of piperidine rings is 2. The molecule has 35 heavy (non-hydrogen) atoms. The smallest absolute Gasteiger partial charge is 0.119 e. The number of hydrogen-bond acceptors (Lipinski definition) is 5. The molecular weight excluding hydrogens is 436 g/mol. The first-order valence-electron chi connectivity index (χ1n) is 13.8. The summed E-state index contributed by atoms with van der Waals surface area (Å²) in [6, 6.07) is 7.29. The van der Waals surface area contributed by atoms with E-state index in [0.717, 1.165) is 82.1 Å². The predicted octanol–water partition coefficient (Wildman–Crippen LogP) is 3.27. The molecule has 1 N–H and O–H groups in total. The number of ether oxygens (including phenoxy) is 1. The van der Waals surface area contributed by atoms with Gasteiger partial charge in [0.05, 0.1) is 24.4 Å². The third kappa shape index (κ3) is 3.22. The Labute approximate surface area is 209 Å². The molecule has 2 aliphatic heterocycles. The molecule has 3 aliphatic carbocycles. The number of likely N-dealkylation sites (tertiary alicyclic amines) is 2. The van der Waals surface area contributed by atoms with Crippen LogP contribution in [-0.2, 0) is 24.7 Å². The number of benzene rings is 1. The Hall–Kier alpha value is -1.89. The van der Waals surface area contributed by atoms with E-state index in [1.165, 1.54) is 35.2 Å². The van der Waals surface area contributed by atoms with E-state index in [9.17, 15) is 5.11 Å². The highest BCUT2D eigenvalue weighted by atomic mass is 16.5. The molecule has 3 heterocycles. The zero-order chi connectivity index (χ0) is 23.9. The Morgan fingerprint density at radius 3 is 2.66 bits per heavy atom. The Kier molecular flexibility index (Phi) is 4.98. The fourth-order valence-electron chi connectivity index (χ4n) is 8.13. The first-order chi connectivity index (χ1) is 16.9. The molecule has 5 aliphatic rings. The minimum absolute atomic E-state index is 0.178. The number of aromatic nitrogens is 2. The van der Waals surface area contributed by atoms with Crippen LogP contribution in [0, 0.1) is 12.8 Å². The van der Waals surface area contributed by atoms with Gasteiger partial charge in [0, 0.05) is 36.5 Å². The number of methoxy groups -OCH3 is 1. The Morgan fingerprint density at radius 2 is 1.91 bits per heavy atom. The molecule has 2 bridgehead atoms. The standard InChI is InChI=1S/C29H40N4O2/c1-19-24-16-29(34)27-14-21-6-7-23(35-3)15-25(21)28(29,10-13-32(27)18-20-4-5-20)17-26(24)33(30-19)22-8-11-31(2)12-9-22/h6-7,15,20,22,27,34H,4-5,8-14,16-18H2,1-3H3/t27-,28-,29-/m1/s1. The lowest BCUT2D eigenvalue weighted by molar-refractivity contribution is -0.152. The van der Waals surface area contributed by atoms with Crippen molar-refractivity contribution in [2.24, 2.45) is 5.92 Å². The lowest BCUT2D eigenvalue weighted by Gasteiger charge is -2.63. The van der Waals surface area contributed by atoms with Crippen molar-refractivity contribution in [1.82, 2.24) is 19.6 Å². The number of aliphatic hydroxyl groups is 1. The van der Waals surface area contributed by atoms with Crippen LogP contribution in [0.1, 0.15) is 66.2 Å². The normalized spacial score (nSPS) is 33.2. The van der Waals surface area contributed by atoms with Gasteiger partial charge < -0.3 is 14.7 Å². The fraction of sp³-hybridized carbons (Fsp3) is 0.690. The molecule has 1 aromatic carbocycles. The van der Waals surface area contributed by atoms with Gasteiger partial charge in [0.25, 0.3) is 0 Å². The van der Waals surface area contributed by atoms with Crippen molar-refractivity contribution in [2.45, 2.75) is 81.4 Å². The van der Waals surface area contributed by atoms with Gasteiger partial charge in [-0.15, -0.1) is 0 Å². The van der Waals surface area contributed by atoms with Crippen LogP contribution in [0.5, 0.6) is 5.75 Å². The van der Waals surface area contributed by atoms with E-state index in [1.54, 1.807) is 7.11 Å². The topological polar surface area (TPSA) is 53.8 Å². The van der Waals surface area contributed by atoms with Crippen molar-refractivity contribution in [3.8, 4) is 5.75 Å². The van der Waals surface area contributed by atoms with Crippen LogP contribution in [0.25, 0.3) is 0 Å². The van der Waals surface area contributed by atoms with E-state index in [1.807, 2.05) is 0 Å². The van der Waals surface area contributed by atoms with E-state index in [4.69, 9.17) is 9.84 Å². The molecule has 0 unspecified atom stereocenters. The molecule has 1 saturated carbocycles. The van der Waals surface area contributed by atoms with Crippen LogP contribution in [0.3, 0.4) is 0 Å². The van der Waals surface area contributed by atoms with Crippen molar-refractivity contribution in [1.29, 1.82) is 0 Å². The second kappa shape index (κ2) is 7.80. The Balaban J connectivity index is 1.36. The van der Waals surface area contributed by atoms with Crippen LogP contribution in [0.2, 0.25) is 0 Å². The number of nitrogens with zero attached hydrogens (tertiary/aromatic N) is 4. The maximum atomic E-state index is 12.9. The predicted molar refractivity (Wildman–Crippen MR) is 136 cm³/mol. The summed E-state index contributed by atoms with van der Waals surface area (Å²) in [6.07, 6.45) is 8.57. The van der Waals surface area contributed by atoms with Crippen molar-refractivity contribution in [2.75, 3.05) is 40.3 Å². The summed E-state index contributed by atoms with van der Waals surface area (Å²) in [7, 11) is 3.98. The van der Waals surface area contributed by atoms with Gasteiger partial charge in [0.1, 0.15) is 5.75 Å². The quantitative estimate of drug-likeness (QED) is 0.734.